The summed E-state index contributed by atoms with van der Waals surface area (Å²) in [5.41, 5.74) is 3.36. The number of amides is 1. The van der Waals surface area contributed by atoms with Gasteiger partial charge in [0.1, 0.15) is 0 Å². The fourth-order valence-electron chi connectivity index (χ4n) is 3.16. The standard InChI is InChI=1S/C15H19NO3S/c1-11-4-5-14-12(9-11)3-2-7-16(14)15(17)13-6-8-20(18,19)10-13/h4-5,9,13H,2-3,6-8,10H2,1H3/t13-/m1/s1. The van der Waals surface area contributed by atoms with Crippen molar-refractivity contribution in [2.24, 2.45) is 5.92 Å². The molecule has 1 fully saturated rings. The Bertz CT molecular complexity index is 651. The van der Waals surface area contributed by atoms with Crippen LogP contribution in [0.3, 0.4) is 0 Å². The number of benzene rings is 1. The molecule has 0 saturated carbocycles. The Morgan fingerprint density at radius 3 is 2.85 bits per heavy atom. The van der Waals surface area contributed by atoms with Crippen molar-refractivity contribution in [3.63, 3.8) is 0 Å². The van der Waals surface area contributed by atoms with Crippen LogP contribution in [0.15, 0.2) is 18.2 Å². The highest BCUT2D eigenvalue weighted by Gasteiger charge is 2.36. The molecule has 2 aliphatic rings. The van der Waals surface area contributed by atoms with Crippen molar-refractivity contribution in [2.45, 2.75) is 26.2 Å². The monoisotopic (exact) mass is 293 g/mol. The Morgan fingerprint density at radius 2 is 2.15 bits per heavy atom. The minimum absolute atomic E-state index is 0.0174. The second kappa shape index (κ2) is 4.88. The second-order valence-electron chi connectivity index (χ2n) is 5.83. The molecule has 20 heavy (non-hydrogen) atoms. The second-order valence-corrected chi connectivity index (χ2v) is 8.05. The summed E-state index contributed by atoms with van der Waals surface area (Å²) >= 11 is 0. The molecule has 1 atom stereocenters. The number of sulfone groups is 1. The first kappa shape index (κ1) is 13.6. The van der Waals surface area contributed by atoms with E-state index in [0.717, 1.165) is 18.5 Å². The van der Waals surface area contributed by atoms with Crippen molar-refractivity contribution in [1.29, 1.82) is 0 Å². The molecule has 1 aromatic rings. The number of nitrogens with zero attached hydrogens (tertiary/aromatic N) is 1. The van der Waals surface area contributed by atoms with E-state index in [0.29, 0.717) is 13.0 Å². The number of anilines is 1. The molecule has 1 amide bonds. The van der Waals surface area contributed by atoms with Crippen LogP contribution in [0.2, 0.25) is 0 Å². The molecule has 0 aromatic heterocycles. The average Bonchev–Trinajstić information content (AvgIpc) is 2.77. The quantitative estimate of drug-likeness (QED) is 0.792. The number of aryl methyl sites for hydroxylation is 2. The van der Waals surface area contributed by atoms with Crippen LogP contribution in [0, 0.1) is 12.8 Å². The predicted molar refractivity (Wildman–Crippen MR) is 78.6 cm³/mol. The zero-order chi connectivity index (χ0) is 14.3. The molecular formula is C15H19NO3S. The first-order valence-corrected chi connectivity index (χ1v) is 8.90. The van der Waals surface area contributed by atoms with E-state index in [2.05, 4.69) is 6.07 Å². The lowest BCUT2D eigenvalue weighted by atomic mass is 9.97. The van der Waals surface area contributed by atoms with Gasteiger partial charge >= 0.3 is 0 Å². The van der Waals surface area contributed by atoms with Gasteiger partial charge in [0.25, 0.3) is 0 Å². The van der Waals surface area contributed by atoms with Crippen molar-refractivity contribution >= 4 is 21.4 Å². The maximum atomic E-state index is 12.6. The molecule has 0 radical (unpaired) electrons. The summed E-state index contributed by atoms with van der Waals surface area (Å²) < 4.78 is 23.1. The number of carbonyl (C=O) groups is 1. The van der Waals surface area contributed by atoms with Gasteiger partial charge < -0.3 is 4.90 Å². The first-order chi connectivity index (χ1) is 9.46. The predicted octanol–water partition coefficient (Wildman–Crippen LogP) is 1.71. The minimum Gasteiger partial charge on any atom is -0.312 e. The SMILES string of the molecule is Cc1ccc2c(c1)CCCN2C(=O)[C@@H]1CCS(=O)(=O)C1. The van der Waals surface area contributed by atoms with E-state index in [1.54, 1.807) is 4.90 Å². The fourth-order valence-corrected chi connectivity index (χ4v) is 4.90. The molecular weight excluding hydrogens is 274 g/mol. The van der Waals surface area contributed by atoms with E-state index in [4.69, 9.17) is 0 Å². The van der Waals surface area contributed by atoms with E-state index in [-0.39, 0.29) is 23.3 Å². The molecule has 4 nitrogen and oxygen atoms in total. The van der Waals surface area contributed by atoms with Gasteiger partial charge in [0.05, 0.1) is 17.4 Å². The van der Waals surface area contributed by atoms with Crippen LogP contribution in [0.25, 0.3) is 0 Å². The van der Waals surface area contributed by atoms with Gasteiger partial charge in [-0.05, 0) is 37.8 Å². The molecule has 0 spiro atoms. The van der Waals surface area contributed by atoms with Crippen LogP contribution >= 0.6 is 0 Å². The van der Waals surface area contributed by atoms with Crippen LogP contribution in [-0.4, -0.2) is 32.4 Å². The summed E-state index contributed by atoms with van der Waals surface area (Å²) in [6, 6.07) is 6.13. The number of fused-ring (bicyclic) bond motifs is 1. The van der Waals surface area contributed by atoms with Gasteiger partial charge in [-0.15, -0.1) is 0 Å². The number of hydrogen-bond acceptors (Lipinski definition) is 3. The summed E-state index contributed by atoms with van der Waals surface area (Å²) in [7, 11) is -3.01. The van der Waals surface area contributed by atoms with Gasteiger partial charge in [-0.1, -0.05) is 17.7 Å². The lowest BCUT2D eigenvalue weighted by Gasteiger charge is -2.31. The molecule has 2 aliphatic heterocycles. The third-order valence-corrected chi connectivity index (χ3v) is 5.97. The Labute approximate surface area is 119 Å². The summed E-state index contributed by atoms with van der Waals surface area (Å²) in [5.74, 6) is -0.204. The smallest absolute Gasteiger partial charge is 0.231 e. The molecule has 1 aromatic carbocycles. The summed E-state index contributed by atoms with van der Waals surface area (Å²) in [5, 5.41) is 0. The minimum atomic E-state index is -3.01. The van der Waals surface area contributed by atoms with E-state index in [9.17, 15) is 13.2 Å². The molecule has 3 rings (SSSR count). The van der Waals surface area contributed by atoms with Gasteiger partial charge in [0.2, 0.25) is 5.91 Å². The number of hydrogen-bond donors (Lipinski definition) is 0. The fraction of sp³-hybridized carbons (Fsp3) is 0.533. The summed E-state index contributed by atoms with van der Waals surface area (Å²) in [4.78, 5) is 14.4. The van der Waals surface area contributed by atoms with Crippen LogP contribution < -0.4 is 4.90 Å². The largest absolute Gasteiger partial charge is 0.312 e. The molecule has 5 heteroatoms. The maximum Gasteiger partial charge on any atom is 0.231 e. The number of carbonyl (C=O) groups excluding carboxylic acids is 1. The zero-order valence-corrected chi connectivity index (χ0v) is 12.4. The van der Waals surface area contributed by atoms with Crippen LogP contribution in [0.5, 0.6) is 0 Å². The van der Waals surface area contributed by atoms with E-state index in [1.165, 1.54) is 11.1 Å². The van der Waals surface area contributed by atoms with Gasteiger partial charge in [0, 0.05) is 12.2 Å². The Kier molecular flexibility index (Phi) is 3.32. The highest BCUT2D eigenvalue weighted by molar-refractivity contribution is 7.91. The molecule has 1 saturated heterocycles. The normalized spacial score (nSPS) is 24.4. The third-order valence-electron chi connectivity index (χ3n) is 4.20. The Balaban J connectivity index is 1.87. The van der Waals surface area contributed by atoms with Crippen molar-refractivity contribution < 1.29 is 13.2 Å². The van der Waals surface area contributed by atoms with Crippen molar-refractivity contribution in [3.05, 3.63) is 29.3 Å². The number of rotatable bonds is 1. The summed E-state index contributed by atoms with van der Waals surface area (Å²) in [6.45, 7) is 2.75. The highest BCUT2D eigenvalue weighted by atomic mass is 32.2. The van der Waals surface area contributed by atoms with Crippen molar-refractivity contribution in [3.8, 4) is 0 Å². The lowest BCUT2D eigenvalue weighted by molar-refractivity contribution is -0.121. The van der Waals surface area contributed by atoms with Gasteiger partial charge in [-0.3, -0.25) is 4.79 Å². The van der Waals surface area contributed by atoms with Crippen LogP contribution in [0.1, 0.15) is 24.0 Å². The Hall–Kier alpha value is -1.36. The molecule has 0 bridgehead atoms. The lowest BCUT2D eigenvalue weighted by Crippen LogP contribution is -2.40. The molecule has 0 N–H and O–H groups in total. The summed E-state index contributed by atoms with van der Waals surface area (Å²) in [6.07, 6.45) is 2.41. The van der Waals surface area contributed by atoms with Gasteiger partial charge in [0.15, 0.2) is 9.84 Å². The van der Waals surface area contributed by atoms with Gasteiger partial charge in [-0.25, -0.2) is 8.42 Å². The maximum absolute atomic E-state index is 12.6. The molecule has 108 valence electrons. The molecule has 2 heterocycles. The first-order valence-electron chi connectivity index (χ1n) is 7.08. The molecule has 0 unspecified atom stereocenters. The third kappa shape index (κ3) is 2.46. The van der Waals surface area contributed by atoms with Gasteiger partial charge in [-0.2, -0.15) is 0 Å². The highest BCUT2D eigenvalue weighted by Crippen LogP contribution is 2.31. The van der Waals surface area contributed by atoms with Crippen LogP contribution in [0.4, 0.5) is 5.69 Å². The van der Waals surface area contributed by atoms with E-state index in [1.807, 2.05) is 19.1 Å². The molecule has 0 aliphatic carbocycles. The zero-order valence-electron chi connectivity index (χ0n) is 11.6. The van der Waals surface area contributed by atoms with Crippen LogP contribution in [-0.2, 0) is 21.1 Å². The Morgan fingerprint density at radius 1 is 1.35 bits per heavy atom. The average molecular weight is 293 g/mol. The van der Waals surface area contributed by atoms with Crippen molar-refractivity contribution in [1.82, 2.24) is 0 Å². The topological polar surface area (TPSA) is 54.5 Å². The van der Waals surface area contributed by atoms with E-state index >= 15 is 0 Å². The van der Waals surface area contributed by atoms with Crippen molar-refractivity contribution in [2.75, 3.05) is 23.0 Å². The van der Waals surface area contributed by atoms with E-state index < -0.39 is 9.84 Å².